The quantitative estimate of drug-likeness (QED) is 0.420. The Kier molecular flexibility index (Phi) is 5.85. The van der Waals surface area contributed by atoms with Crippen LogP contribution >= 0.6 is 0 Å². The third-order valence-corrected chi connectivity index (χ3v) is 2.35. The number of hydrazine groups is 1. The Morgan fingerprint density at radius 2 is 2.12 bits per heavy atom. The van der Waals surface area contributed by atoms with Crippen LogP contribution in [0.2, 0.25) is 0 Å². The van der Waals surface area contributed by atoms with E-state index in [-0.39, 0.29) is 6.04 Å². The number of benzene rings is 1. The lowest BCUT2D eigenvalue weighted by Crippen LogP contribution is -2.31. The van der Waals surface area contributed by atoms with Crippen LogP contribution in [0.15, 0.2) is 24.3 Å². The Morgan fingerprint density at radius 3 is 2.75 bits per heavy atom. The van der Waals surface area contributed by atoms with Crippen molar-refractivity contribution in [2.24, 2.45) is 5.84 Å². The van der Waals surface area contributed by atoms with Crippen molar-refractivity contribution in [1.29, 1.82) is 0 Å². The van der Waals surface area contributed by atoms with E-state index in [4.69, 9.17) is 15.3 Å². The van der Waals surface area contributed by atoms with Crippen LogP contribution < -0.4 is 16.0 Å². The van der Waals surface area contributed by atoms with Crippen molar-refractivity contribution in [2.45, 2.75) is 19.4 Å². The largest absolute Gasteiger partial charge is 0.496 e. The fourth-order valence-corrected chi connectivity index (χ4v) is 1.53. The Balaban J connectivity index is 2.69. The van der Waals surface area contributed by atoms with E-state index in [1.807, 2.05) is 24.3 Å². The highest BCUT2D eigenvalue weighted by Crippen LogP contribution is 2.24. The number of hydrogen-bond donors (Lipinski definition) is 2. The van der Waals surface area contributed by atoms with E-state index in [1.54, 1.807) is 7.11 Å². The van der Waals surface area contributed by atoms with Crippen LogP contribution in [0.4, 0.5) is 0 Å². The molecule has 0 aliphatic heterocycles. The molecule has 0 spiro atoms. The molecule has 1 aromatic carbocycles. The SMILES string of the molecule is CCCOCC(NN)c1ccccc1OC. The number of nitrogens with two attached hydrogens (primary N) is 1. The molecule has 1 unspecified atom stereocenters. The van der Waals surface area contributed by atoms with Crippen molar-refractivity contribution in [1.82, 2.24) is 5.43 Å². The highest BCUT2D eigenvalue weighted by molar-refractivity contribution is 5.35. The average molecular weight is 224 g/mol. The first-order valence-electron chi connectivity index (χ1n) is 5.50. The van der Waals surface area contributed by atoms with Gasteiger partial charge >= 0.3 is 0 Å². The van der Waals surface area contributed by atoms with Gasteiger partial charge in [-0.25, -0.2) is 0 Å². The minimum absolute atomic E-state index is 0.0392. The third kappa shape index (κ3) is 3.48. The van der Waals surface area contributed by atoms with Gasteiger partial charge < -0.3 is 9.47 Å². The first-order valence-corrected chi connectivity index (χ1v) is 5.50. The first-order chi connectivity index (χ1) is 7.83. The third-order valence-electron chi connectivity index (χ3n) is 2.35. The van der Waals surface area contributed by atoms with Crippen LogP contribution in [0, 0.1) is 0 Å². The summed E-state index contributed by atoms with van der Waals surface area (Å²) in [6, 6.07) is 7.76. The van der Waals surface area contributed by atoms with Crippen LogP contribution in [-0.4, -0.2) is 20.3 Å². The standard InChI is InChI=1S/C12H20N2O2/c1-3-8-16-9-11(14-13)10-6-4-5-7-12(10)15-2/h4-7,11,14H,3,8-9,13H2,1-2H3. The van der Waals surface area contributed by atoms with Crippen LogP contribution in [0.1, 0.15) is 24.9 Å². The zero-order valence-corrected chi connectivity index (χ0v) is 9.90. The molecule has 0 aromatic heterocycles. The molecule has 0 radical (unpaired) electrons. The highest BCUT2D eigenvalue weighted by atomic mass is 16.5. The molecule has 0 fully saturated rings. The summed E-state index contributed by atoms with van der Waals surface area (Å²) < 4.78 is 10.8. The minimum atomic E-state index is -0.0392. The summed E-state index contributed by atoms with van der Waals surface area (Å²) >= 11 is 0. The number of methoxy groups -OCH3 is 1. The van der Waals surface area contributed by atoms with E-state index in [2.05, 4.69) is 12.3 Å². The minimum Gasteiger partial charge on any atom is -0.496 e. The molecule has 4 nitrogen and oxygen atoms in total. The van der Waals surface area contributed by atoms with Crippen molar-refractivity contribution >= 4 is 0 Å². The summed E-state index contributed by atoms with van der Waals surface area (Å²) in [5.41, 5.74) is 3.76. The van der Waals surface area contributed by atoms with Crippen LogP contribution in [0.25, 0.3) is 0 Å². The summed E-state index contributed by atoms with van der Waals surface area (Å²) in [5, 5.41) is 0. The van der Waals surface area contributed by atoms with Gasteiger partial charge in [0.15, 0.2) is 0 Å². The second-order valence-corrected chi connectivity index (χ2v) is 3.54. The molecular formula is C12H20N2O2. The van der Waals surface area contributed by atoms with Gasteiger partial charge in [-0.3, -0.25) is 11.3 Å². The maximum Gasteiger partial charge on any atom is 0.123 e. The summed E-state index contributed by atoms with van der Waals surface area (Å²) in [7, 11) is 1.65. The summed E-state index contributed by atoms with van der Waals surface area (Å²) in [6.07, 6.45) is 1.00. The fourth-order valence-electron chi connectivity index (χ4n) is 1.53. The van der Waals surface area contributed by atoms with Crippen molar-refractivity contribution in [2.75, 3.05) is 20.3 Å². The molecule has 0 amide bonds. The maximum absolute atomic E-state index is 5.53. The molecule has 16 heavy (non-hydrogen) atoms. The molecule has 1 rings (SSSR count). The van der Waals surface area contributed by atoms with Crippen molar-refractivity contribution < 1.29 is 9.47 Å². The number of nitrogens with one attached hydrogen (secondary N) is 1. The molecule has 0 saturated heterocycles. The van der Waals surface area contributed by atoms with E-state index >= 15 is 0 Å². The Hall–Kier alpha value is -1.10. The molecule has 4 heteroatoms. The Labute approximate surface area is 96.7 Å². The van der Waals surface area contributed by atoms with Gasteiger partial charge in [0, 0.05) is 12.2 Å². The molecule has 1 atom stereocenters. The van der Waals surface area contributed by atoms with E-state index < -0.39 is 0 Å². The molecule has 0 aliphatic rings. The molecule has 90 valence electrons. The van der Waals surface area contributed by atoms with Gasteiger partial charge in [0.1, 0.15) is 5.75 Å². The van der Waals surface area contributed by atoms with Gasteiger partial charge in [0.25, 0.3) is 0 Å². The van der Waals surface area contributed by atoms with Gasteiger partial charge in [-0.2, -0.15) is 0 Å². The number of rotatable bonds is 7. The average Bonchev–Trinajstić information content (AvgIpc) is 2.35. The van der Waals surface area contributed by atoms with E-state index in [1.165, 1.54) is 0 Å². The second-order valence-electron chi connectivity index (χ2n) is 3.54. The normalized spacial score (nSPS) is 12.4. The van der Waals surface area contributed by atoms with E-state index in [0.29, 0.717) is 6.61 Å². The molecule has 0 saturated carbocycles. The number of ether oxygens (including phenoxy) is 2. The monoisotopic (exact) mass is 224 g/mol. The summed E-state index contributed by atoms with van der Waals surface area (Å²) in [6.45, 7) is 3.37. The number of para-hydroxylation sites is 1. The molecule has 0 aliphatic carbocycles. The topological polar surface area (TPSA) is 56.5 Å². The predicted molar refractivity (Wildman–Crippen MR) is 64.2 cm³/mol. The van der Waals surface area contributed by atoms with E-state index in [9.17, 15) is 0 Å². The smallest absolute Gasteiger partial charge is 0.123 e. The van der Waals surface area contributed by atoms with Crippen molar-refractivity contribution in [3.63, 3.8) is 0 Å². The summed E-state index contributed by atoms with van der Waals surface area (Å²) in [4.78, 5) is 0. The lowest BCUT2D eigenvalue weighted by Gasteiger charge is -2.18. The fraction of sp³-hybridized carbons (Fsp3) is 0.500. The predicted octanol–water partition coefficient (Wildman–Crippen LogP) is 1.63. The molecular weight excluding hydrogens is 204 g/mol. The zero-order chi connectivity index (χ0) is 11.8. The highest BCUT2D eigenvalue weighted by Gasteiger charge is 2.13. The van der Waals surface area contributed by atoms with Crippen LogP contribution in [0.5, 0.6) is 5.75 Å². The van der Waals surface area contributed by atoms with Gasteiger partial charge in [-0.15, -0.1) is 0 Å². The first kappa shape index (κ1) is 13.0. The van der Waals surface area contributed by atoms with Gasteiger partial charge in [0.2, 0.25) is 0 Å². The van der Waals surface area contributed by atoms with Crippen molar-refractivity contribution in [3.8, 4) is 5.75 Å². The molecule has 1 aromatic rings. The Morgan fingerprint density at radius 1 is 1.38 bits per heavy atom. The van der Waals surface area contributed by atoms with Crippen LogP contribution in [-0.2, 0) is 4.74 Å². The maximum atomic E-state index is 5.53. The zero-order valence-electron chi connectivity index (χ0n) is 9.90. The van der Waals surface area contributed by atoms with Gasteiger partial charge in [0.05, 0.1) is 19.8 Å². The second kappa shape index (κ2) is 7.22. The van der Waals surface area contributed by atoms with Gasteiger partial charge in [-0.1, -0.05) is 25.1 Å². The molecule has 0 heterocycles. The van der Waals surface area contributed by atoms with Crippen molar-refractivity contribution in [3.05, 3.63) is 29.8 Å². The Bertz CT molecular complexity index is 305. The van der Waals surface area contributed by atoms with Gasteiger partial charge in [-0.05, 0) is 12.5 Å². The number of hydrogen-bond acceptors (Lipinski definition) is 4. The lowest BCUT2D eigenvalue weighted by atomic mass is 10.1. The lowest BCUT2D eigenvalue weighted by molar-refractivity contribution is 0.111. The van der Waals surface area contributed by atoms with Crippen LogP contribution in [0.3, 0.4) is 0 Å². The summed E-state index contributed by atoms with van der Waals surface area (Å²) in [5.74, 6) is 6.35. The molecule has 3 N–H and O–H groups in total. The van der Waals surface area contributed by atoms with E-state index in [0.717, 1.165) is 24.3 Å². The molecule has 0 bridgehead atoms.